The van der Waals surface area contributed by atoms with E-state index < -0.39 is 6.04 Å². The van der Waals surface area contributed by atoms with Crippen LogP contribution in [0.15, 0.2) is 0 Å². The Bertz CT molecular complexity index is 250. The van der Waals surface area contributed by atoms with Crippen molar-refractivity contribution < 1.29 is 9.53 Å². The van der Waals surface area contributed by atoms with E-state index in [0.29, 0.717) is 13.0 Å². The fraction of sp³-hybridized carbons (Fsp3) is 0.917. The quantitative estimate of drug-likeness (QED) is 0.710. The molecule has 1 fully saturated rings. The van der Waals surface area contributed by atoms with Crippen molar-refractivity contribution in [1.82, 2.24) is 10.2 Å². The van der Waals surface area contributed by atoms with Crippen LogP contribution in [0.4, 0.5) is 0 Å². The van der Waals surface area contributed by atoms with Crippen LogP contribution in [-0.4, -0.2) is 55.2 Å². The van der Waals surface area contributed by atoms with Gasteiger partial charge in [0.2, 0.25) is 5.91 Å². The molecule has 0 saturated carbocycles. The molecular formula is C12H25N3O2. The van der Waals surface area contributed by atoms with E-state index in [0.717, 1.165) is 26.3 Å². The molecule has 1 unspecified atom stereocenters. The van der Waals surface area contributed by atoms with Gasteiger partial charge in [0.1, 0.15) is 0 Å². The van der Waals surface area contributed by atoms with Crippen LogP contribution < -0.4 is 11.1 Å². The Morgan fingerprint density at radius 3 is 2.59 bits per heavy atom. The number of ether oxygens (including phenoxy) is 1. The summed E-state index contributed by atoms with van der Waals surface area (Å²) in [6.45, 7) is 10.2. The molecule has 5 heteroatoms. The molecule has 100 valence electrons. The third-order valence-electron chi connectivity index (χ3n) is 3.34. The monoisotopic (exact) mass is 243 g/mol. The van der Waals surface area contributed by atoms with Crippen molar-refractivity contribution in [2.45, 2.75) is 38.8 Å². The molecule has 1 aliphatic rings. The Morgan fingerprint density at radius 2 is 2.06 bits per heavy atom. The van der Waals surface area contributed by atoms with E-state index in [-0.39, 0.29) is 11.4 Å². The van der Waals surface area contributed by atoms with Gasteiger partial charge in [0, 0.05) is 25.2 Å². The van der Waals surface area contributed by atoms with Crippen molar-refractivity contribution in [3.05, 3.63) is 0 Å². The second-order valence-electron chi connectivity index (χ2n) is 5.14. The smallest absolute Gasteiger partial charge is 0.236 e. The van der Waals surface area contributed by atoms with E-state index in [1.807, 2.05) is 6.92 Å². The van der Waals surface area contributed by atoms with Gasteiger partial charge in [0.05, 0.1) is 19.3 Å². The third-order valence-corrected chi connectivity index (χ3v) is 3.34. The average Bonchev–Trinajstić information content (AvgIpc) is 2.36. The molecule has 0 aliphatic carbocycles. The van der Waals surface area contributed by atoms with Gasteiger partial charge in [-0.1, -0.05) is 6.92 Å². The first-order valence-electron chi connectivity index (χ1n) is 6.33. The molecule has 5 nitrogen and oxygen atoms in total. The summed E-state index contributed by atoms with van der Waals surface area (Å²) in [6, 6.07) is -0.393. The molecule has 3 N–H and O–H groups in total. The molecule has 1 atom stereocenters. The molecule has 1 rings (SSSR count). The molecule has 1 saturated heterocycles. The molecule has 17 heavy (non-hydrogen) atoms. The SMILES string of the molecule is CCC(N)C(=O)NCC(C)(C)N1CCOCC1. The van der Waals surface area contributed by atoms with E-state index in [4.69, 9.17) is 10.5 Å². The van der Waals surface area contributed by atoms with E-state index >= 15 is 0 Å². The molecule has 0 bridgehead atoms. The zero-order valence-electron chi connectivity index (χ0n) is 11.2. The highest BCUT2D eigenvalue weighted by Crippen LogP contribution is 2.15. The lowest BCUT2D eigenvalue weighted by Crippen LogP contribution is -2.56. The third kappa shape index (κ3) is 4.26. The van der Waals surface area contributed by atoms with Crippen LogP contribution >= 0.6 is 0 Å². The van der Waals surface area contributed by atoms with Crippen molar-refractivity contribution in [2.24, 2.45) is 5.73 Å². The molecule has 0 aromatic heterocycles. The van der Waals surface area contributed by atoms with E-state index in [9.17, 15) is 4.79 Å². The van der Waals surface area contributed by atoms with Crippen molar-refractivity contribution in [1.29, 1.82) is 0 Å². The summed E-state index contributed by atoms with van der Waals surface area (Å²) in [5.41, 5.74) is 5.63. The van der Waals surface area contributed by atoms with Gasteiger partial charge in [0.25, 0.3) is 0 Å². The Kier molecular flexibility index (Phi) is 5.36. The predicted octanol–water partition coefficient (Wildman–Crippen LogP) is -0.0493. The largest absolute Gasteiger partial charge is 0.379 e. The maximum Gasteiger partial charge on any atom is 0.236 e. The van der Waals surface area contributed by atoms with Crippen LogP contribution in [0.5, 0.6) is 0 Å². The summed E-state index contributed by atoms with van der Waals surface area (Å²) in [5, 5.41) is 2.92. The molecule has 1 amide bonds. The first kappa shape index (κ1) is 14.4. The van der Waals surface area contributed by atoms with Crippen LogP contribution in [0.2, 0.25) is 0 Å². The minimum atomic E-state index is -0.393. The molecule has 0 radical (unpaired) electrons. The minimum absolute atomic E-state index is 0.0487. The molecule has 1 heterocycles. The highest BCUT2D eigenvalue weighted by atomic mass is 16.5. The van der Waals surface area contributed by atoms with Crippen LogP contribution in [0.3, 0.4) is 0 Å². The first-order valence-corrected chi connectivity index (χ1v) is 6.33. The number of hydrogen-bond acceptors (Lipinski definition) is 4. The number of nitrogens with two attached hydrogens (primary N) is 1. The standard InChI is InChI=1S/C12H25N3O2/c1-4-10(13)11(16)14-9-12(2,3)15-5-7-17-8-6-15/h10H,4-9,13H2,1-3H3,(H,14,16). The Morgan fingerprint density at radius 1 is 1.47 bits per heavy atom. The Balaban J connectivity index is 2.40. The zero-order valence-corrected chi connectivity index (χ0v) is 11.2. The van der Waals surface area contributed by atoms with Gasteiger partial charge < -0.3 is 15.8 Å². The zero-order chi connectivity index (χ0) is 12.9. The summed E-state index contributed by atoms with van der Waals surface area (Å²) in [4.78, 5) is 14.0. The van der Waals surface area contributed by atoms with E-state index in [1.165, 1.54) is 0 Å². The van der Waals surface area contributed by atoms with Crippen LogP contribution in [0.25, 0.3) is 0 Å². The van der Waals surface area contributed by atoms with Gasteiger partial charge in [-0.05, 0) is 20.3 Å². The summed E-state index contributed by atoms with van der Waals surface area (Å²) < 4.78 is 5.33. The number of carbonyl (C=O) groups excluding carboxylic acids is 1. The lowest BCUT2D eigenvalue weighted by Gasteiger charge is -2.41. The maximum atomic E-state index is 11.6. The predicted molar refractivity (Wildman–Crippen MR) is 67.7 cm³/mol. The summed E-state index contributed by atoms with van der Waals surface area (Å²) in [5.74, 6) is -0.0613. The van der Waals surface area contributed by atoms with Crippen molar-refractivity contribution in [3.63, 3.8) is 0 Å². The van der Waals surface area contributed by atoms with Crippen LogP contribution in [0, 0.1) is 0 Å². The van der Waals surface area contributed by atoms with Gasteiger partial charge in [-0.3, -0.25) is 9.69 Å². The lowest BCUT2D eigenvalue weighted by molar-refractivity contribution is -0.123. The molecular weight excluding hydrogens is 218 g/mol. The Labute approximate surface area is 104 Å². The number of rotatable bonds is 5. The van der Waals surface area contributed by atoms with Gasteiger partial charge in [-0.25, -0.2) is 0 Å². The second kappa shape index (κ2) is 6.33. The lowest BCUT2D eigenvalue weighted by atomic mass is 10.0. The normalized spacial score (nSPS) is 20.0. The van der Waals surface area contributed by atoms with Gasteiger partial charge in [0.15, 0.2) is 0 Å². The number of hydrogen-bond donors (Lipinski definition) is 2. The fourth-order valence-corrected chi connectivity index (χ4v) is 1.90. The van der Waals surface area contributed by atoms with Gasteiger partial charge in [-0.2, -0.15) is 0 Å². The van der Waals surface area contributed by atoms with Gasteiger partial charge in [-0.15, -0.1) is 0 Å². The average molecular weight is 243 g/mol. The summed E-state index contributed by atoms with van der Waals surface area (Å²) in [7, 11) is 0. The summed E-state index contributed by atoms with van der Waals surface area (Å²) >= 11 is 0. The topological polar surface area (TPSA) is 67.6 Å². The van der Waals surface area contributed by atoms with E-state index in [2.05, 4.69) is 24.1 Å². The second-order valence-corrected chi connectivity index (χ2v) is 5.14. The van der Waals surface area contributed by atoms with Crippen molar-refractivity contribution in [2.75, 3.05) is 32.8 Å². The summed E-state index contributed by atoms with van der Waals surface area (Å²) in [6.07, 6.45) is 0.670. The number of nitrogens with one attached hydrogen (secondary N) is 1. The molecule has 0 aromatic rings. The number of morpholine rings is 1. The first-order chi connectivity index (χ1) is 7.97. The minimum Gasteiger partial charge on any atom is -0.379 e. The maximum absolute atomic E-state index is 11.6. The number of nitrogens with zero attached hydrogens (tertiary/aromatic N) is 1. The number of carbonyl (C=O) groups is 1. The molecule has 0 aromatic carbocycles. The highest BCUT2D eigenvalue weighted by molar-refractivity contribution is 5.81. The van der Waals surface area contributed by atoms with Gasteiger partial charge >= 0.3 is 0 Å². The van der Waals surface area contributed by atoms with Crippen molar-refractivity contribution >= 4 is 5.91 Å². The van der Waals surface area contributed by atoms with Crippen LogP contribution in [-0.2, 0) is 9.53 Å². The molecule has 0 spiro atoms. The van der Waals surface area contributed by atoms with Crippen molar-refractivity contribution in [3.8, 4) is 0 Å². The number of amides is 1. The van der Waals surface area contributed by atoms with E-state index in [1.54, 1.807) is 0 Å². The molecule has 1 aliphatic heterocycles. The fourth-order valence-electron chi connectivity index (χ4n) is 1.90. The Hall–Kier alpha value is -0.650. The van der Waals surface area contributed by atoms with Crippen LogP contribution in [0.1, 0.15) is 27.2 Å². The highest BCUT2D eigenvalue weighted by Gasteiger charge is 2.28.